The maximum Gasteiger partial charge on any atom is 0.346 e. The number of benzene rings is 2. The lowest BCUT2D eigenvalue weighted by Crippen LogP contribution is -2.42. The van der Waals surface area contributed by atoms with Crippen molar-refractivity contribution in [3.63, 3.8) is 0 Å². The molecule has 0 aliphatic rings. The molecule has 3 rings (SSSR count). The summed E-state index contributed by atoms with van der Waals surface area (Å²) >= 11 is 0. The lowest BCUT2D eigenvalue weighted by Gasteiger charge is -2.31. The number of hydrogen-bond acceptors (Lipinski definition) is 5. The molecule has 29 heavy (non-hydrogen) atoms. The molecule has 1 aromatic heterocycles. The van der Waals surface area contributed by atoms with Crippen molar-refractivity contribution in [2.45, 2.75) is 19.0 Å². The Morgan fingerprint density at radius 3 is 2.10 bits per heavy atom. The molecule has 0 spiro atoms. The first-order chi connectivity index (χ1) is 13.8. The van der Waals surface area contributed by atoms with E-state index in [-0.39, 0.29) is 17.9 Å². The van der Waals surface area contributed by atoms with Crippen molar-refractivity contribution >= 4 is 5.82 Å². The fourth-order valence-corrected chi connectivity index (χ4v) is 3.62. The van der Waals surface area contributed by atoms with Crippen LogP contribution in [0.5, 0.6) is 0 Å². The standard InChI is InChI=1S/C22H27N5O2/c1-15(23-20-21(28)26(4)22(29)27(5)24-20)19(25(2)3)18-13-11-17(12-14-18)16-9-7-6-8-10-16/h6-15,19H,1-5H3,(H,23,24)/t15-,19?/m0/s1. The zero-order valence-electron chi connectivity index (χ0n) is 17.5. The number of aromatic nitrogens is 3. The van der Waals surface area contributed by atoms with E-state index < -0.39 is 11.2 Å². The summed E-state index contributed by atoms with van der Waals surface area (Å²) in [6.45, 7) is 2.00. The predicted octanol–water partition coefficient (Wildman–Crippen LogP) is 2.25. The van der Waals surface area contributed by atoms with Gasteiger partial charge >= 0.3 is 5.69 Å². The average molecular weight is 393 g/mol. The van der Waals surface area contributed by atoms with Crippen LogP contribution < -0.4 is 16.6 Å². The number of rotatable bonds is 6. The van der Waals surface area contributed by atoms with E-state index in [0.29, 0.717) is 0 Å². The Kier molecular flexibility index (Phi) is 5.98. The van der Waals surface area contributed by atoms with Crippen molar-refractivity contribution in [1.29, 1.82) is 0 Å². The summed E-state index contributed by atoms with van der Waals surface area (Å²) in [5.41, 5.74) is 2.56. The number of nitrogens with one attached hydrogen (secondary N) is 1. The van der Waals surface area contributed by atoms with E-state index in [4.69, 9.17) is 0 Å². The second-order valence-electron chi connectivity index (χ2n) is 7.45. The van der Waals surface area contributed by atoms with Crippen molar-refractivity contribution in [2.24, 2.45) is 14.1 Å². The van der Waals surface area contributed by atoms with Crippen LogP contribution in [-0.4, -0.2) is 39.4 Å². The van der Waals surface area contributed by atoms with E-state index in [9.17, 15) is 9.59 Å². The first-order valence-electron chi connectivity index (χ1n) is 9.52. The lowest BCUT2D eigenvalue weighted by atomic mass is 9.96. The van der Waals surface area contributed by atoms with Gasteiger partial charge in [0.2, 0.25) is 5.82 Å². The van der Waals surface area contributed by atoms with E-state index in [1.807, 2.05) is 39.2 Å². The maximum atomic E-state index is 12.4. The minimum absolute atomic E-state index is 0.00330. The van der Waals surface area contributed by atoms with E-state index in [2.05, 4.69) is 51.7 Å². The Morgan fingerprint density at radius 1 is 0.931 bits per heavy atom. The zero-order valence-corrected chi connectivity index (χ0v) is 17.5. The third-order valence-corrected chi connectivity index (χ3v) is 5.07. The van der Waals surface area contributed by atoms with Gasteiger partial charge in [-0.3, -0.25) is 9.36 Å². The summed E-state index contributed by atoms with van der Waals surface area (Å²) in [6.07, 6.45) is 0. The van der Waals surface area contributed by atoms with Gasteiger partial charge < -0.3 is 10.2 Å². The lowest BCUT2D eigenvalue weighted by molar-refractivity contribution is 0.275. The average Bonchev–Trinajstić information content (AvgIpc) is 2.71. The second-order valence-corrected chi connectivity index (χ2v) is 7.45. The Hall–Kier alpha value is -3.19. The molecule has 0 bridgehead atoms. The molecule has 0 aliphatic carbocycles. The number of hydrogen-bond donors (Lipinski definition) is 1. The van der Waals surface area contributed by atoms with Gasteiger partial charge in [-0.1, -0.05) is 54.6 Å². The predicted molar refractivity (Wildman–Crippen MR) is 116 cm³/mol. The molecule has 7 nitrogen and oxygen atoms in total. The number of likely N-dealkylation sites (N-methyl/N-ethyl adjacent to an activating group) is 1. The molecule has 7 heteroatoms. The minimum Gasteiger partial charge on any atom is -0.360 e. The second kappa shape index (κ2) is 8.45. The first-order valence-corrected chi connectivity index (χ1v) is 9.52. The highest BCUT2D eigenvalue weighted by Crippen LogP contribution is 2.27. The van der Waals surface area contributed by atoms with Gasteiger partial charge in [0, 0.05) is 20.1 Å². The highest BCUT2D eigenvalue weighted by molar-refractivity contribution is 5.63. The molecule has 1 unspecified atom stereocenters. The maximum absolute atomic E-state index is 12.4. The molecule has 0 radical (unpaired) electrons. The summed E-state index contributed by atoms with van der Waals surface area (Å²) in [5.74, 6) is 0.162. The first kappa shape index (κ1) is 20.5. The third kappa shape index (κ3) is 4.30. The summed E-state index contributed by atoms with van der Waals surface area (Å²) in [4.78, 5) is 26.4. The molecule has 0 saturated heterocycles. The van der Waals surface area contributed by atoms with Gasteiger partial charge in [0.15, 0.2) is 0 Å². The highest BCUT2D eigenvalue weighted by atomic mass is 16.2. The topological polar surface area (TPSA) is 72.2 Å². The number of anilines is 1. The van der Waals surface area contributed by atoms with Gasteiger partial charge in [-0.05, 0) is 37.7 Å². The van der Waals surface area contributed by atoms with Crippen molar-refractivity contribution in [3.05, 3.63) is 81.0 Å². The summed E-state index contributed by atoms with van der Waals surface area (Å²) in [5, 5.41) is 7.30. The van der Waals surface area contributed by atoms with Crippen molar-refractivity contribution < 1.29 is 0 Å². The number of aryl methyl sites for hydroxylation is 1. The van der Waals surface area contributed by atoms with Crippen molar-refractivity contribution in [3.8, 4) is 11.1 Å². The Morgan fingerprint density at radius 2 is 1.52 bits per heavy atom. The molecule has 2 aromatic carbocycles. The Bertz CT molecular complexity index is 1080. The molecule has 0 amide bonds. The molecule has 1 heterocycles. The molecule has 0 aliphatic heterocycles. The van der Waals surface area contributed by atoms with Gasteiger partial charge in [0.1, 0.15) is 0 Å². The number of nitrogens with zero attached hydrogens (tertiary/aromatic N) is 4. The largest absolute Gasteiger partial charge is 0.360 e. The Labute approximate surface area is 170 Å². The third-order valence-electron chi connectivity index (χ3n) is 5.07. The van der Waals surface area contributed by atoms with Crippen molar-refractivity contribution in [2.75, 3.05) is 19.4 Å². The van der Waals surface area contributed by atoms with Crippen LogP contribution in [0.1, 0.15) is 18.5 Å². The van der Waals surface area contributed by atoms with E-state index >= 15 is 0 Å². The summed E-state index contributed by atoms with van der Waals surface area (Å²) in [7, 11) is 6.98. The monoisotopic (exact) mass is 393 g/mol. The van der Waals surface area contributed by atoms with Crippen molar-refractivity contribution in [1.82, 2.24) is 19.2 Å². The fraction of sp³-hybridized carbons (Fsp3) is 0.318. The smallest absolute Gasteiger partial charge is 0.346 e. The molecule has 0 fully saturated rings. The van der Waals surface area contributed by atoms with Gasteiger partial charge in [0.05, 0.1) is 6.04 Å². The minimum atomic E-state index is -0.450. The molecular formula is C22H27N5O2. The van der Waals surface area contributed by atoms with E-state index in [0.717, 1.165) is 20.4 Å². The van der Waals surface area contributed by atoms with E-state index in [1.165, 1.54) is 19.7 Å². The Balaban J connectivity index is 1.88. The van der Waals surface area contributed by atoms with Crippen LogP contribution >= 0.6 is 0 Å². The summed E-state index contributed by atoms with van der Waals surface area (Å²) in [6, 6.07) is 18.5. The fourth-order valence-electron chi connectivity index (χ4n) is 3.62. The van der Waals surface area contributed by atoms with Crippen LogP contribution in [0.2, 0.25) is 0 Å². The molecule has 0 saturated carbocycles. The highest BCUT2D eigenvalue weighted by Gasteiger charge is 2.23. The SMILES string of the molecule is C[C@H](Nc1nn(C)c(=O)n(C)c1=O)C(c1ccc(-c2ccccc2)cc1)N(C)C. The van der Waals surface area contributed by atoms with Crippen LogP contribution in [0, 0.1) is 0 Å². The normalized spacial score (nSPS) is 13.3. The van der Waals surface area contributed by atoms with Gasteiger partial charge in [-0.25, -0.2) is 9.48 Å². The molecule has 1 N–H and O–H groups in total. The summed E-state index contributed by atoms with van der Waals surface area (Å²) < 4.78 is 2.22. The van der Waals surface area contributed by atoms with Crippen LogP contribution in [0.15, 0.2) is 64.2 Å². The molecular weight excluding hydrogens is 366 g/mol. The molecule has 2 atom stereocenters. The van der Waals surface area contributed by atoms with Gasteiger partial charge in [-0.2, -0.15) is 0 Å². The van der Waals surface area contributed by atoms with Crippen LogP contribution in [-0.2, 0) is 14.1 Å². The van der Waals surface area contributed by atoms with Gasteiger partial charge in [-0.15, -0.1) is 5.10 Å². The van der Waals surface area contributed by atoms with E-state index in [1.54, 1.807) is 0 Å². The molecule has 152 valence electrons. The van der Waals surface area contributed by atoms with Crippen LogP contribution in [0.3, 0.4) is 0 Å². The van der Waals surface area contributed by atoms with Crippen LogP contribution in [0.25, 0.3) is 11.1 Å². The van der Waals surface area contributed by atoms with Gasteiger partial charge in [0.25, 0.3) is 5.56 Å². The quantitative estimate of drug-likeness (QED) is 0.695. The van der Waals surface area contributed by atoms with Crippen LogP contribution in [0.4, 0.5) is 5.82 Å². The zero-order chi connectivity index (χ0) is 21.1. The molecule has 3 aromatic rings.